The number of rotatable bonds is 6. The maximum Gasteiger partial charge on any atom is 0.127 e. The maximum atomic E-state index is 4.30. The van der Waals surface area contributed by atoms with Gasteiger partial charge < -0.3 is 10.6 Å². The summed E-state index contributed by atoms with van der Waals surface area (Å²) in [5.41, 5.74) is 1.48. The molecule has 0 aliphatic carbocycles. The lowest BCUT2D eigenvalue weighted by molar-refractivity contribution is 0.274. The van der Waals surface area contributed by atoms with Gasteiger partial charge in [-0.25, -0.2) is 4.98 Å². The molecule has 0 fully saturated rings. The zero-order chi connectivity index (χ0) is 13.6. The number of hydrogen-bond donors (Lipinski definition) is 2. The van der Waals surface area contributed by atoms with Gasteiger partial charge in [-0.1, -0.05) is 34.6 Å². The lowest BCUT2D eigenvalue weighted by Crippen LogP contribution is -2.24. The van der Waals surface area contributed by atoms with E-state index in [2.05, 4.69) is 56.3 Å². The molecule has 18 heavy (non-hydrogen) atoms. The van der Waals surface area contributed by atoms with Crippen molar-refractivity contribution in [3.8, 4) is 0 Å². The third kappa shape index (κ3) is 4.94. The molecule has 1 heterocycles. The normalized spacial score (nSPS) is 13.2. The van der Waals surface area contributed by atoms with Gasteiger partial charge >= 0.3 is 0 Å². The summed E-state index contributed by atoms with van der Waals surface area (Å²) in [6.07, 6.45) is 2.96. The number of hydrogen-bond acceptors (Lipinski definition) is 3. The van der Waals surface area contributed by atoms with Crippen LogP contribution in [0.5, 0.6) is 0 Å². The van der Waals surface area contributed by atoms with Crippen molar-refractivity contribution in [3.05, 3.63) is 18.3 Å². The summed E-state index contributed by atoms with van der Waals surface area (Å²) < 4.78 is 0. The van der Waals surface area contributed by atoms with Crippen molar-refractivity contribution in [3.63, 3.8) is 0 Å². The summed E-state index contributed by atoms with van der Waals surface area (Å²) in [6, 6.07) is 4.09. The molecule has 3 heteroatoms. The van der Waals surface area contributed by atoms with E-state index in [0.717, 1.165) is 31.0 Å². The number of pyridine rings is 1. The predicted octanol–water partition coefficient (Wildman–Crippen LogP) is 4.00. The quantitative estimate of drug-likeness (QED) is 0.800. The summed E-state index contributed by atoms with van der Waals surface area (Å²) in [5.74, 6) is 1.57. The van der Waals surface area contributed by atoms with Gasteiger partial charge in [0, 0.05) is 31.0 Å². The molecule has 2 N–H and O–H groups in total. The molecular formula is C15H27N3. The second-order valence-electron chi connectivity index (χ2n) is 6.00. The first-order chi connectivity index (χ1) is 8.43. The van der Waals surface area contributed by atoms with Crippen molar-refractivity contribution in [2.24, 2.45) is 11.3 Å². The van der Waals surface area contributed by atoms with Crippen molar-refractivity contribution < 1.29 is 0 Å². The van der Waals surface area contributed by atoms with E-state index < -0.39 is 0 Å². The fraction of sp³-hybridized carbons (Fsp3) is 0.667. The smallest absolute Gasteiger partial charge is 0.127 e. The molecule has 3 nitrogen and oxygen atoms in total. The first kappa shape index (κ1) is 14.8. The number of anilines is 2. The second-order valence-corrected chi connectivity index (χ2v) is 6.00. The van der Waals surface area contributed by atoms with Crippen LogP contribution in [0.25, 0.3) is 0 Å². The highest BCUT2D eigenvalue weighted by atomic mass is 15.0. The van der Waals surface area contributed by atoms with Crippen molar-refractivity contribution >= 4 is 11.5 Å². The Morgan fingerprint density at radius 1 is 1.28 bits per heavy atom. The highest BCUT2D eigenvalue weighted by Gasteiger charge is 2.19. The lowest BCUT2D eigenvalue weighted by atomic mass is 9.82. The Labute approximate surface area is 111 Å². The van der Waals surface area contributed by atoms with Crippen molar-refractivity contribution in [1.82, 2.24) is 4.98 Å². The van der Waals surface area contributed by atoms with E-state index in [0.29, 0.717) is 11.3 Å². The fourth-order valence-electron chi connectivity index (χ4n) is 1.47. The van der Waals surface area contributed by atoms with Gasteiger partial charge in [-0.2, -0.15) is 0 Å². The van der Waals surface area contributed by atoms with E-state index in [1.807, 2.05) is 12.3 Å². The minimum absolute atomic E-state index is 0.337. The van der Waals surface area contributed by atoms with Crippen LogP contribution in [-0.2, 0) is 0 Å². The van der Waals surface area contributed by atoms with Crippen molar-refractivity contribution in [2.75, 3.05) is 23.7 Å². The standard InChI is InChI=1S/C15H27N3/c1-6-8-16-14-10-13(7-9-17-14)18-11-12(2)15(3,4)5/h7,9-10,12H,6,8,11H2,1-5H3,(H2,16,17,18). The van der Waals surface area contributed by atoms with Crippen molar-refractivity contribution in [2.45, 2.75) is 41.0 Å². The van der Waals surface area contributed by atoms with Crippen LogP contribution in [0.3, 0.4) is 0 Å². The third-order valence-electron chi connectivity index (χ3n) is 3.41. The van der Waals surface area contributed by atoms with Crippen LogP contribution in [0.4, 0.5) is 11.5 Å². The molecule has 0 bridgehead atoms. The Hall–Kier alpha value is -1.25. The van der Waals surface area contributed by atoms with Gasteiger partial charge in [-0.3, -0.25) is 0 Å². The average Bonchev–Trinajstić information content (AvgIpc) is 2.32. The molecule has 1 rings (SSSR count). The summed E-state index contributed by atoms with van der Waals surface area (Å²) in [7, 11) is 0. The van der Waals surface area contributed by atoms with Crippen LogP contribution in [-0.4, -0.2) is 18.1 Å². The lowest BCUT2D eigenvalue weighted by Gasteiger charge is -2.27. The Balaban J connectivity index is 2.52. The molecule has 1 aromatic heterocycles. The summed E-state index contributed by atoms with van der Waals surface area (Å²) in [6.45, 7) is 13.2. The first-order valence-corrected chi connectivity index (χ1v) is 6.87. The van der Waals surface area contributed by atoms with Gasteiger partial charge in [0.2, 0.25) is 0 Å². The number of aromatic nitrogens is 1. The molecule has 0 amide bonds. The van der Waals surface area contributed by atoms with Crippen LogP contribution in [0, 0.1) is 11.3 Å². The fourth-order valence-corrected chi connectivity index (χ4v) is 1.47. The van der Waals surface area contributed by atoms with E-state index in [4.69, 9.17) is 0 Å². The van der Waals surface area contributed by atoms with Gasteiger partial charge in [0.05, 0.1) is 0 Å². The monoisotopic (exact) mass is 249 g/mol. The topological polar surface area (TPSA) is 37.0 Å². The number of nitrogens with zero attached hydrogens (tertiary/aromatic N) is 1. The highest BCUT2D eigenvalue weighted by molar-refractivity contribution is 5.51. The van der Waals surface area contributed by atoms with E-state index in [9.17, 15) is 0 Å². The summed E-state index contributed by atoms with van der Waals surface area (Å²) >= 11 is 0. The first-order valence-electron chi connectivity index (χ1n) is 6.87. The molecule has 0 aliphatic rings. The van der Waals surface area contributed by atoms with Crippen LogP contribution < -0.4 is 10.6 Å². The molecule has 0 spiro atoms. The van der Waals surface area contributed by atoms with Crippen molar-refractivity contribution in [1.29, 1.82) is 0 Å². The third-order valence-corrected chi connectivity index (χ3v) is 3.41. The van der Waals surface area contributed by atoms with Gasteiger partial charge in [-0.15, -0.1) is 0 Å². The van der Waals surface area contributed by atoms with E-state index in [1.165, 1.54) is 0 Å². The van der Waals surface area contributed by atoms with E-state index in [1.54, 1.807) is 0 Å². The molecule has 0 saturated carbocycles. The van der Waals surface area contributed by atoms with Gasteiger partial charge in [-0.05, 0) is 23.8 Å². The summed E-state index contributed by atoms with van der Waals surface area (Å²) in [4.78, 5) is 4.30. The van der Waals surface area contributed by atoms with Gasteiger partial charge in [0.1, 0.15) is 5.82 Å². The predicted molar refractivity (Wildman–Crippen MR) is 80.1 cm³/mol. The number of nitrogens with one attached hydrogen (secondary N) is 2. The molecule has 0 aliphatic heterocycles. The molecule has 1 atom stereocenters. The van der Waals surface area contributed by atoms with Crippen LogP contribution in [0.15, 0.2) is 18.3 Å². The minimum atomic E-state index is 0.337. The molecule has 0 saturated heterocycles. The van der Waals surface area contributed by atoms with Gasteiger partial charge in [0.15, 0.2) is 0 Å². The Bertz CT molecular complexity index is 355. The van der Waals surface area contributed by atoms with E-state index in [-0.39, 0.29) is 0 Å². The highest BCUT2D eigenvalue weighted by Crippen LogP contribution is 2.25. The molecule has 1 unspecified atom stereocenters. The second kappa shape index (κ2) is 6.62. The van der Waals surface area contributed by atoms with Crippen LogP contribution >= 0.6 is 0 Å². The Morgan fingerprint density at radius 2 is 2.00 bits per heavy atom. The molecule has 0 radical (unpaired) electrons. The van der Waals surface area contributed by atoms with Gasteiger partial charge in [0.25, 0.3) is 0 Å². The van der Waals surface area contributed by atoms with Crippen LogP contribution in [0.2, 0.25) is 0 Å². The van der Waals surface area contributed by atoms with Crippen LogP contribution in [0.1, 0.15) is 41.0 Å². The van der Waals surface area contributed by atoms with E-state index >= 15 is 0 Å². The SMILES string of the molecule is CCCNc1cc(NCC(C)C(C)(C)C)ccn1. The Morgan fingerprint density at radius 3 is 2.61 bits per heavy atom. The average molecular weight is 249 g/mol. The Kier molecular flexibility index (Phi) is 5.45. The largest absolute Gasteiger partial charge is 0.385 e. The molecule has 0 aromatic carbocycles. The zero-order valence-corrected chi connectivity index (χ0v) is 12.4. The molecule has 102 valence electrons. The maximum absolute atomic E-state index is 4.30. The molecular weight excluding hydrogens is 222 g/mol. The molecule has 1 aromatic rings. The zero-order valence-electron chi connectivity index (χ0n) is 12.4. The summed E-state index contributed by atoms with van der Waals surface area (Å²) in [5, 5.41) is 6.79. The minimum Gasteiger partial charge on any atom is -0.385 e.